The molecule has 0 amide bonds. The van der Waals surface area contributed by atoms with E-state index >= 15 is 0 Å². The van der Waals surface area contributed by atoms with Gasteiger partial charge in [-0.2, -0.15) is 0 Å². The number of anilines is 9. The van der Waals surface area contributed by atoms with Gasteiger partial charge in [-0.15, -0.1) is 0 Å². The molecular formula is C56H54BN3O. The molecule has 0 radical (unpaired) electrons. The van der Waals surface area contributed by atoms with E-state index in [1.807, 2.05) is 0 Å². The molecule has 302 valence electrons. The van der Waals surface area contributed by atoms with Crippen LogP contribution in [-0.4, -0.2) is 6.71 Å². The van der Waals surface area contributed by atoms with Crippen LogP contribution in [0.5, 0.6) is 0 Å². The summed E-state index contributed by atoms with van der Waals surface area (Å²) in [7, 11) is 0. The van der Waals surface area contributed by atoms with E-state index in [-0.39, 0.29) is 50.7 Å². The molecule has 3 heterocycles. The second-order valence-electron chi connectivity index (χ2n) is 18.0. The van der Waals surface area contributed by atoms with E-state index in [1.165, 1.54) is 4.90 Å². The Kier molecular flexibility index (Phi) is 4.60. The summed E-state index contributed by atoms with van der Waals surface area (Å²) in [5, 5.41) is -0.167. The summed E-state index contributed by atoms with van der Waals surface area (Å²) >= 11 is 0. The van der Waals surface area contributed by atoms with Crippen LogP contribution in [0.1, 0.15) is 113 Å². The van der Waals surface area contributed by atoms with Gasteiger partial charge >= 0.3 is 0 Å². The summed E-state index contributed by atoms with van der Waals surface area (Å²) in [6.07, 6.45) is 0. The Balaban J connectivity index is 1.53. The normalized spacial score (nSPS) is 19.3. The van der Waals surface area contributed by atoms with Crippen LogP contribution >= 0.6 is 0 Å². The molecule has 10 rings (SSSR count). The summed E-state index contributed by atoms with van der Waals surface area (Å²) in [5.74, 6) is 0. The number of benzene rings is 7. The third-order valence-electron chi connectivity index (χ3n) is 10.7. The predicted octanol–water partition coefficient (Wildman–Crippen LogP) is 13.9. The van der Waals surface area contributed by atoms with Gasteiger partial charge in [0.05, 0.1) is 45.6 Å². The van der Waals surface area contributed by atoms with Crippen LogP contribution in [0, 0.1) is 0 Å². The number of fused-ring (bicyclic) bond motifs is 6. The fourth-order valence-corrected chi connectivity index (χ4v) is 7.63. The highest BCUT2D eigenvalue weighted by molar-refractivity contribution is 7.00. The fraction of sp³-hybridized carbons (Fsp3) is 0.214. The molecule has 0 unspecified atom stereocenters. The van der Waals surface area contributed by atoms with E-state index in [2.05, 4.69) is 0 Å². The van der Waals surface area contributed by atoms with Gasteiger partial charge in [-0.25, -0.2) is 0 Å². The minimum Gasteiger partial charge on any atom is -0.468 e. The van der Waals surface area contributed by atoms with Crippen molar-refractivity contribution in [2.24, 2.45) is 0 Å². The van der Waals surface area contributed by atoms with Gasteiger partial charge in [0.1, 0.15) is 5.58 Å². The fourth-order valence-electron chi connectivity index (χ4n) is 7.63. The third-order valence-corrected chi connectivity index (χ3v) is 10.7. The summed E-state index contributed by atoms with van der Waals surface area (Å²) in [6.45, 7) is 14.0. The Bertz CT molecular complexity index is 4220. The third kappa shape index (κ3) is 6.53. The van der Waals surface area contributed by atoms with Crippen molar-refractivity contribution in [3.05, 3.63) is 180 Å². The van der Waals surface area contributed by atoms with Crippen LogP contribution in [0.15, 0.2) is 168 Å². The Labute approximate surface area is 397 Å². The maximum absolute atomic E-state index is 10.7. The summed E-state index contributed by atoms with van der Waals surface area (Å²) < 4.78 is 241. The lowest BCUT2D eigenvalue weighted by atomic mass is 9.35. The highest BCUT2D eigenvalue weighted by Gasteiger charge is 2.47. The molecule has 0 saturated carbocycles. The smallest absolute Gasteiger partial charge is 0.297 e. The molecule has 0 N–H and O–H groups in total. The molecule has 5 heteroatoms. The van der Waals surface area contributed by atoms with Gasteiger partial charge < -0.3 is 19.1 Å². The molecule has 0 aliphatic carbocycles. The Morgan fingerprint density at radius 3 is 1.59 bits per heavy atom. The number of hydrogen-bond acceptors (Lipinski definition) is 4. The van der Waals surface area contributed by atoms with Crippen LogP contribution in [0.4, 0.5) is 51.2 Å². The van der Waals surface area contributed by atoms with Crippen molar-refractivity contribution in [3.8, 4) is 0 Å². The highest BCUT2D eigenvalue weighted by Crippen LogP contribution is 2.50. The lowest BCUT2D eigenvalue weighted by Crippen LogP contribution is -2.61. The second kappa shape index (κ2) is 14.1. The van der Waals surface area contributed by atoms with E-state index in [9.17, 15) is 21.9 Å². The molecule has 0 spiro atoms. The van der Waals surface area contributed by atoms with Crippen molar-refractivity contribution in [2.75, 3.05) is 14.7 Å². The van der Waals surface area contributed by atoms with E-state index in [4.69, 9.17) is 16.8 Å². The first-order chi connectivity index (χ1) is 39.6. The average Bonchev–Trinajstić information content (AvgIpc) is 1.19. The van der Waals surface area contributed by atoms with Crippen molar-refractivity contribution in [3.63, 3.8) is 0 Å². The second-order valence-corrected chi connectivity index (χ2v) is 18.0. The molecule has 2 aliphatic rings. The number of furan rings is 1. The van der Waals surface area contributed by atoms with Gasteiger partial charge in [0, 0.05) is 50.9 Å². The Hall–Kier alpha value is -6.46. The molecule has 1 aromatic heterocycles. The van der Waals surface area contributed by atoms with Crippen molar-refractivity contribution in [1.82, 2.24) is 0 Å². The largest absolute Gasteiger partial charge is 0.468 e. The molecule has 2 aliphatic heterocycles. The molecular weight excluding hydrogens is 741 g/mol. The number of rotatable bonds is 5. The van der Waals surface area contributed by atoms with Crippen molar-refractivity contribution >= 4 is 85.5 Å². The zero-order valence-corrected chi connectivity index (χ0v) is 35.0. The quantitative estimate of drug-likeness (QED) is 0.161. The van der Waals surface area contributed by atoms with Crippen LogP contribution in [0.3, 0.4) is 0 Å². The monoisotopic (exact) mass is 821 g/mol. The van der Waals surface area contributed by atoms with Gasteiger partial charge in [0.2, 0.25) is 0 Å². The molecule has 0 fully saturated rings. The molecule has 7 aromatic carbocycles. The van der Waals surface area contributed by atoms with Crippen molar-refractivity contribution < 1.29 is 38.7 Å². The lowest BCUT2D eigenvalue weighted by Gasteiger charge is -2.44. The minimum atomic E-state index is -1.69. The van der Waals surface area contributed by atoms with Gasteiger partial charge in [-0.3, -0.25) is 0 Å². The minimum absolute atomic E-state index is 0.0282. The van der Waals surface area contributed by atoms with E-state index in [1.54, 1.807) is 74.4 Å². The van der Waals surface area contributed by atoms with Gasteiger partial charge in [0.15, 0.2) is 0 Å². The summed E-state index contributed by atoms with van der Waals surface area (Å²) in [4.78, 5) is 2.90. The Morgan fingerprint density at radius 2 is 1.02 bits per heavy atom. The first-order valence-corrected chi connectivity index (χ1v) is 19.7. The zero-order valence-electron chi connectivity index (χ0n) is 60.0. The van der Waals surface area contributed by atoms with Crippen molar-refractivity contribution in [2.45, 2.75) is 78.6 Å². The van der Waals surface area contributed by atoms with Gasteiger partial charge in [-0.05, 0) is 129 Å². The van der Waals surface area contributed by atoms with Crippen LogP contribution in [0.2, 0.25) is 0 Å². The summed E-state index contributed by atoms with van der Waals surface area (Å²) in [5.41, 5.74) is -8.65. The molecule has 0 bridgehead atoms. The average molecular weight is 821 g/mol. The maximum atomic E-state index is 10.7. The number of para-hydroxylation sites is 3. The standard InChI is InChI=1S/C56H54BN3O/c1-54(2,3)37-25-28-43(29-26-37)60-49-35-39(56(7,8)9)34-48-51(49)57(53-52(60)45-33-38(55(4,5)6)27-32-50(45)61-53)46-31-30-44(36-47(46)59(48)42-23-17-12-18-24-42)58(40-19-13-10-14-20-40)41-21-15-11-16-22-41/h10-36H,1-9H3/i10D,11D,12D,13D,14D,15D,16D,17D,18D,19D,20D,21D,22D,23D,24D,25D,26D,27D,28D,29D,30D,31D,32D,33D,36D. The predicted molar refractivity (Wildman–Crippen MR) is 261 cm³/mol. The molecule has 8 aromatic rings. The Morgan fingerprint density at radius 1 is 0.492 bits per heavy atom. The number of hydrogen-bond donors (Lipinski definition) is 0. The SMILES string of the molecule is [2H]c1c([2H])c([2H])c(N2c3cc(C(C)(C)C)cc4c3B(c3oc5c([2H])c([2H])c(C(C)(C)C)c([2H])c5c3N4c3c([2H])c([2H])c(C(C)(C)C)c([2H])c3[2H])c3c([2H])c([2H])c(N(c4c([2H])c([2H])c([2H])c([2H])c4[2H])c4c([2H])c([2H])c([2H])c([2H])c4[2H])c([2H])c32)c([2H])c1[2H]. The van der Waals surface area contributed by atoms with E-state index in [0.29, 0.717) is 10.5 Å². The van der Waals surface area contributed by atoms with E-state index < -0.39 is 213 Å². The molecule has 61 heavy (non-hydrogen) atoms. The number of nitrogens with zero attached hydrogens (tertiary/aromatic N) is 3. The van der Waals surface area contributed by atoms with Crippen LogP contribution in [0.25, 0.3) is 11.0 Å². The molecule has 0 saturated heterocycles. The first kappa shape index (κ1) is 19.9. The topological polar surface area (TPSA) is 22.9 Å². The van der Waals surface area contributed by atoms with Crippen LogP contribution in [-0.2, 0) is 16.2 Å². The van der Waals surface area contributed by atoms with E-state index in [0.717, 1.165) is 4.90 Å². The zero-order chi connectivity index (χ0) is 64.2. The van der Waals surface area contributed by atoms with Crippen molar-refractivity contribution in [1.29, 1.82) is 0 Å². The molecule has 0 atom stereocenters. The lowest BCUT2D eigenvalue weighted by molar-refractivity contribution is 0.590. The van der Waals surface area contributed by atoms with Gasteiger partial charge in [-0.1, -0.05) is 141 Å². The first-order valence-electron chi connectivity index (χ1n) is 32.2. The summed E-state index contributed by atoms with van der Waals surface area (Å²) in [6, 6.07) is -17.6. The molecule has 4 nitrogen and oxygen atoms in total. The maximum Gasteiger partial charge on any atom is 0.297 e. The van der Waals surface area contributed by atoms with Crippen LogP contribution < -0.4 is 31.3 Å². The van der Waals surface area contributed by atoms with Gasteiger partial charge in [0.25, 0.3) is 6.71 Å². The highest BCUT2D eigenvalue weighted by atomic mass is 16.3.